The number of carbonyl (C=O) groups is 1. The van der Waals surface area contributed by atoms with Gasteiger partial charge in [-0.1, -0.05) is 73.5 Å². The summed E-state index contributed by atoms with van der Waals surface area (Å²) >= 11 is 0. The first kappa shape index (κ1) is 83.5. The maximum atomic E-state index is 13.0. The molecule has 0 radical (unpaired) electrons. The van der Waals surface area contributed by atoms with E-state index < -0.39 is 0 Å². The minimum atomic E-state index is 0.0771. The van der Waals surface area contributed by atoms with Crippen LogP contribution in [0.15, 0.2) is 121 Å². The molecule has 6 saturated heterocycles. The molecule has 16 rings (SSSR count). The Kier molecular flexibility index (Phi) is 29.6. The number of rotatable bonds is 31. The molecule has 7 fully saturated rings. The topological polar surface area (TPSA) is 207 Å². The molecule has 26 nitrogen and oxygen atoms in total. The van der Waals surface area contributed by atoms with Gasteiger partial charge in [0.1, 0.15) is 23.2 Å². The van der Waals surface area contributed by atoms with Crippen molar-refractivity contribution in [2.45, 2.75) is 103 Å². The molecule has 3 aromatic heterocycles. The van der Waals surface area contributed by atoms with Crippen LogP contribution in [0.5, 0.6) is 40.2 Å². The highest BCUT2D eigenvalue weighted by molar-refractivity contribution is 5.97. The molecule has 1 N–H and O–H groups in total. The zero-order valence-corrected chi connectivity index (χ0v) is 70.6. The van der Waals surface area contributed by atoms with Gasteiger partial charge in [0.15, 0.2) is 34.5 Å². The molecule has 6 aromatic carbocycles. The molecule has 1 amide bonds. The van der Waals surface area contributed by atoms with E-state index in [1.807, 2.05) is 71.6 Å². The van der Waals surface area contributed by atoms with Crippen LogP contribution in [-0.4, -0.2) is 285 Å². The Morgan fingerprint density at radius 2 is 0.855 bits per heavy atom. The van der Waals surface area contributed by atoms with Crippen LogP contribution in [0.2, 0.25) is 0 Å². The van der Waals surface area contributed by atoms with Crippen molar-refractivity contribution in [1.29, 1.82) is 0 Å². The predicted octanol–water partition coefficient (Wildman–Crippen LogP) is 12.6. The predicted molar refractivity (Wildman–Crippen MR) is 469 cm³/mol. The Bertz CT molecular complexity index is 4620. The maximum Gasteiger partial charge on any atom is 0.253 e. The SMILES string of the molecule is COc1cc2c(N3CCN(C(=O)c4ccccc4)CC3)nc(N3CCCC3)nc2cc1OCCCN(C)C.COc1cc2c(N3CCN(Cc4ccccc4)CC3)nc(N3CCCC3)nc2cc1OCCCN(C)C.COc1ccc(CNc2nc(N3CCN(C4CCCC4)CC3)c3cc(OC)c(OCCCN4CCCC4)cc3n2)cc1. The van der Waals surface area contributed by atoms with Crippen LogP contribution >= 0.6 is 0 Å². The zero-order valence-electron chi connectivity index (χ0n) is 70.6. The smallest absolute Gasteiger partial charge is 0.253 e. The second kappa shape index (κ2) is 41.4. The van der Waals surface area contributed by atoms with Crippen molar-refractivity contribution in [3.05, 3.63) is 138 Å². The first-order valence-electron chi connectivity index (χ1n) is 42.9. The summed E-state index contributed by atoms with van der Waals surface area (Å²) in [6.07, 6.45) is 15.6. The summed E-state index contributed by atoms with van der Waals surface area (Å²) in [5.74, 6) is 10.3. The molecular formula is C91H124N18O8. The number of aromatic nitrogens is 6. The van der Waals surface area contributed by atoms with E-state index in [-0.39, 0.29) is 5.91 Å². The average Bonchev–Trinajstić information content (AvgIpc) is 1.59. The summed E-state index contributed by atoms with van der Waals surface area (Å²) in [5.41, 5.74) is 5.87. The van der Waals surface area contributed by atoms with Crippen LogP contribution in [0.25, 0.3) is 32.7 Å². The van der Waals surface area contributed by atoms with Gasteiger partial charge in [0.05, 0.1) is 64.8 Å². The first-order chi connectivity index (χ1) is 57.3. The van der Waals surface area contributed by atoms with E-state index in [0.717, 1.165) is 245 Å². The fraction of sp³-hybridized carbons (Fsp3) is 0.527. The van der Waals surface area contributed by atoms with Gasteiger partial charge in [-0.3, -0.25) is 14.6 Å². The quantitative estimate of drug-likeness (QED) is 0.0401. The molecule has 0 atom stereocenters. The van der Waals surface area contributed by atoms with Crippen molar-refractivity contribution in [2.24, 2.45) is 0 Å². The molecule has 0 unspecified atom stereocenters. The number of likely N-dealkylation sites (tertiary alicyclic amines) is 1. The van der Waals surface area contributed by atoms with E-state index in [4.69, 9.17) is 63.1 Å². The summed E-state index contributed by atoms with van der Waals surface area (Å²) in [4.78, 5) is 68.9. The number of nitrogens with zero attached hydrogens (tertiary/aromatic N) is 17. The van der Waals surface area contributed by atoms with Crippen molar-refractivity contribution >= 4 is 73.9 Å². The van der Waals surface area contributed by atoms with E-state index in [2.05, 4.69) is 137 Å². The van der Waals surface area contributed by atoms with Crippen LogP contribution in [0, 0.1) is 0 Å². The Morgan fingerprint density at radius 1 is 0.410 bits per heavy atom. The van der Waals surface area contributed by atoms with Gasteiger partial charge in [-0.25, -0.2) is 15.0 Å². The van der Waals surface area contributed by atoms with Crippen molar-refractivity contribution in [3.63, 3.8) is 0 Å². The molecular weight excluding hydrogens is 1470 g/mol. The number of benzene rings is 6. The van der Waals surface area contributed by atoms with Crippen molar-refractivity contribution in [1.82, 2.24) is 59.3 Å². The van der Waals surface area contributed by atoms with Crippen molar-refractivity contribution in [3.8, 4) is 40.2 Å². The number of carbonyl (C=O) groups excluding carboxylic acids is 1. The minimum Gasteiger partial charge on any atom is -0.497 e. The third-order valence-corrected chi connectivity index (χ3v) is 23.6. The molecule has 117 heavy (non-hydrogen) atoms. The molecule has 26 heteroatoms. The molecule has 7 aliphatic rings. The molecule has 1 aliphatic carbocycles. The van der Waals surface area contributed by atoms with E-state index in [1.165, 1.54) is 70.0 Å². The standard InChI is InChI=1S/C33H46N6O3.C29H38N6O3.C29H40N6O2/c1-40-27-12-10-25(11-13-27)24-34-33-35-29-23-31(42-21-7-16-37-14-5-6-15-37)30(41-2)22-28(29)32(36-33)39-19-17-38(18-20-39)26-8-3-4-9-26;1-32(2)12-9-19-38-26-21-24-23(20-25(26)37-3)27(31-29(30-24)35-13-7-8-14-35)33-15-17-34(18-16-33)28(36)22-10-5-4-6-11-22;1-32(2)12-9-19-37-27-21-25-24(20-26(27)36-3)28(31-29(30-25)35-13-7-8-14-35)34-17-15-33(16-18-34)22-23-10-5-4-6-11-23/h10-13,22-23,26H,3-9,14-21,24H2,1-2H3,(H,34,35,36);4-6,10-11,20-21H,7-9,12-19H2,1-3H3;4-6,10-11,20-21H,7-9,12-19,22H2,1-3H3. The van der Waals surface area contributed by atoms with Crippen LogP contribution in [-0.2, 0) is 13.1 Å². The average molecular weight is 1600 g/mol. The number of ether oxygens (including phenoxy) is 7. The van der Waals surface area contributed by atoms with Gasteiger partial charge < -0.3 is 82.6 Å². The lowest BCUT2D eigenvalue weighted by Gasteiger charge is -2.39. The van der Waals surface area contributed by atoms with Gasteiger partial charge in [-0.05, 0) is 166 Å². The summed E-state index contributed by atoms with van der Waals surface area (Å²) in [5, 5.41) is 6.44. The molecule has 0 spiro atoms. The Morgan fingerprint density at radius 3 is 1.33 bits per heavy atom. The maximum absolute atomic E-state index is 13.0. The third-order valence-electron chi connectivity index (χ3n) is 23.6. The summed E-state index contributed by atoms with van der Waals surface area (Å²) in [7, 11) is 15.1. The number of methoxy groups -OCH3 is 4. The number of hydrogen-bond donors (Lipinski definition) is 1. The molecule has 626 valence electrons. The van der Waals surface area contributed by atoms with Gasteiger partial charge >= 0.3 is 0 Å². The lowest BCUT2D eigenvalue weighted by molar-refractivity contribution is 0.0746. The number of hydrogen-bond acceptors (Lipinski definition) is 25. The summed E-state index contributed by atoms with van der Waals surface area (Å²) in [6.45, 7) is 23.5. The number of piperazine rings is 3. The summed E-state index contributed by atoms with van der Waals surface area (Å²) < 4.78 is 41.2. The van der Waals surface area contributed by atoms with Gasteiger partial charge in [0.2, 0.25) is 17.8 Å². The van der Waals surface area contributed by atoms with Crippen LogP contribution in [0.4, 0.5) is 35.3 Å². The van der Waals surface area contributed by atoms with E-state index in [9.17, 15) is 4.79 Å². The lowest BCUT2D eigenvalue weighted by atomic mass is 10.1. The molecule has 6 aliphatic heterocycles. The third kappa shape index (κ3) is 22.1. The van der Waals surface area contributed by atoms with Gasteiger partial charge in [-0.2, -0.15) is 15.0 Å². The van der Waals surface area contributed by atoms with Crippen LogP contribution < -0.4 is 63.0 Å². The Labute approximate surface area is 692 Å². The lowest BCUT2D eigenvalue weighted by Crippen LogP contribution is -2.50. The fourth-order valence-corrected chi connectivity index (χ4v) is 17.0. The zero-order chi connectivity index (χ0) is 80.8. The molecule has 9 heterocycles. The van der Waals surface area contributed by atoms with Crippen molar-refractivity contribution in [2.75, 3.05) is 244 Å². The second-order valence-electron chi connectivity index (χ2n) is 32.3. The number of fused-ring (bicyclic) bond motifs is 3. The summed E-state index contributed by atoms with van der Waals surface area (Å²) in [6, 6.07) is 41.3. The number of amides is 1. The van der Waals surface area contributed by atoms with E-state index in [1.54, 1.807) is 28.4 Å². The molecule has 0 bridgehead atoms. The van der Waals surface area contributed by atoms with Crippen LogP contribution in [0.1, 0.15) is 105 Å². The normalized spacial score (nSPS) is 17.1. The van der Waals surface area contributed by atoms with E-state index >= 15 is 0 Å². The minimum absolute atomic E-state index is 0.0771. The highest BCUT2D eigenvalue weighted by Gasteiger charge is 2.32. The monoisotopic (exact) mass is 1600 g/mol. The number of nitrogens with one attached hydrogen (secondary N) is 1. The Balaban J connectivity index is 0.000000145. The largest absolute Gasteiger partial charge is 0.497 e. The van der Waals surface area contributed by atoms with Crippen molar-refractivity contribution < 1.29 is 38.0 Å². The number of anilines is 6. The Hall–Kier alpha value is -9.99. The highest BCUT2D eigenvalue weighted by atomic mass is 16.5. The first-order valence-corrected chi connectivity index (χ1v) is 42.9. The fourth-order valence-electron chi connectivity index (χ4n) is 17.0. The van der Waals surface area contributed by atoms with Gasteiger partial charge in [0, 0.05) is 183 Å². The van der Waals surface area contributed by atoms with E-state index in [0.29, 0.717) is 70.0 Å². The molecule has 9 aromatic rings. The highest BCUT2D eigenvalue weighted by Crippen LogP contribution is 2.42. The second-order valence-corrected chi connectivity index (χ2v) is 32.3. The van der Waals surface area contributed by atoms with Gasteiger partial charge in [-0.15, -0.1) is 0 Å². The van der Waals surface area contributed by atoms with Gasteiger partial charge in [0.25, 0.3) is 5.91 Å². The molecule has 1 saturated carbocycles. The van der Waals surface area contributed by atoms with Crippen LogP contribution in [0.3, 0.4) is 0 Å².